The maximum Gasteiger partial charge on any atom is 0.239 e. The molecule has 0 fully saturated rings. The van der Waals surface area contributed by atoms with Gasteiger partial charge >= 0.3 is 0 Å². The van der Waals surface area contributed by atoms with E-state index in [1.807, 2.05) is 24.3 Å². The van der Waals surface area contributed by atoms with E-state index in [9.17, 15) is 0 Å². The van der Waals surface area contributed by atoms with E-state index in [1.165, 1.54) is 6.20 Å². The lowest BCUT2D eigenvalue weighted by atomic mass is 10.1. The molecule has 2 N–H and O–H groups in total. The van der Waals surface area contributed by atoms with Crippen LogP contribution in [0.3, 0.4) is 0 Å². The summed E-state index contributed by atoms with van der Waals surface area (Å²) in [6.07, 6.45) is 4.77. The SMILES string of the molecule is N#Cc1cccc(Oc2cnc(N=N)c(NCc3cccc(-c4ncc(Br)cn4)c3)n2)c1. The third-order valence-electron chi connectivity index (χ3n) is 4.29. The third-order valence-corrected chi connectivity index (χ3v) is 4.70. The molecule has 0 unspecified atom stereocenters. The minimum atomic E-state index is 0.135. The number of halogens is 1. The predicted molar refractivity (Wildman–Crippen MR) is 121 cm³/mol. The highest BCUT2D eigenvalue weighted by Gasteiger charge is 2.10. The summed E-state index contributed by atoms with van der Waals surface area (Å²) < 4.78 is 6.52. The van der Waals surface area contributed by atoms with E-state index in [0.29, 0.717) is 29.5 Å². The van der Waals surface area contributed by atoms with Gasteiger partial charge in [-0.05, 0) is 45.8 Å². The van der Waals surface area contributed by atoms with Gasteiger partial charge in [-0.2, -0.15) is 10.2 Å². The summed E-state index contributed by atoms with van der Waals surface area (Å²) in [5, 5.41) is 15.6. The third kappa shape index (κ3) is 5.08. The zero-order valence-electron chi connectivity index (χ0n) is 16.5. The maximum atomic E-state index is 9.04. The molecule has 0 amide bonds. The highest BCUT2D eigenvalue weighted by molar-refractivity contribution is 9.10. The molecule has 0 aliphatic carbocycles. The number of nitrogens with zero attached hydrogens (tertiary/aromatic N) is 6. The minimum absolute atomic E-state index is 0.135. The Hall–Kier alpha value is -4.23. The molecule has 0 saturated heterocycles. The molecule has 4 aromatic rings. The number of nitrogens with one attached hydrogen (secondary N) is 2. The van der Waals surface area contributed by atoms with Gasteiger partial charge in [0.15, 0.2) is 11.6 Å². The fourth-order valence-corrected chi connectivity index (χ4v) is 3.04. The quantitative estimate of drug-likeness (QED) is 0.323. The Balaban J connectivity index is 1.52. The zero-order chi connectivity index (χ0) is 22.3. The van der Waals surface area contributed by atoms with Gasteiger partial charge in [-0.3, -0.25) is 0 Å². The van der Waals surface area contributed by atoms with Crippen LogP contribution < -0.4 is 10.1 Å². The fourth-order valence-electron chi connectivity index (χ4n) is 2.83. The molecular weight excluding hydrogens is 472 g/mol. The van der Waals surface area contributed by atoms with Crippen LogP contribution in [0.2, 0.25) is 0 Å². The zero-order valence-corrected chi connectivity index (χ0v) is 18.1. The van der Waals surface area contributed by atoms with Crippen molar-refractivity contribution in [1.82, 2.24) is 19.9 Å². The summed E-state index contributed by atoms with van der Waals surface area (Å²) in [5.74, 6) is 1.73. The van der Waals surface area contributed by atoms with Gasteiger partial charge in [-0.25, -0.2) is 20.5 Å². The molecule has 10 heteroatoms. The van der Waals surface area contributed by atoms with Gasteiger partial charge in [0.2, 0.25) is 11.7 Å². The number of aromatic nitrogens is 4. The van der Waals surface area contributed by atoms with E-state index in [0.717, 1.165) is 15.6 Å². The Kier molecular flexibility index (Phi) is 6.38. The second-order valence-electron chi connectivity index (χ2n) is 6.51. The normalized spacial score (nSPS) is 10.2. The molecule has 9 nitrogen and oxygen atoms in total. The van der Waals surface area contributed by atoms with Crippen LogP contribution in [0.5, 0.6) is 11.6 Å². The molecule has 2 heterocycles. The number of nitriles is 1. The van der Waals surface area contributed by atoms with Crippen LogP contribution in [0.4, 0.5) is 11.6 Å². The summed E-state index contributed by atoms with van der Waals surface area (Å²) in [6, 6.07) is 16.6. The molecule has 0 radical (unpaired) electrons. The van der Waals surface area contributed by atoms with Gasteiger partial charge < -0.3 is 10.1 Å². The van der Waals surface area contributed by atoms with Crippen LogP contribution in [0, 0.1) is 16.9 Å². The van der Waals surface area contributed by atoms with E-state index in [2.05, 4.69) is 52.4 Å². The molecule has 0 spiro atoms. The van der Waals surface area contributed by atoms with Crippen molar-refractivity contribution in [1.29, 1.82) is 10.8 Å². The molecule has 0 bridgehead atoms. The first-order valence-electron chi connectivity index (χ1n) is 9.38. The Morgan fingerprint density at radius 3 is 2.66 bits per heavy atom. The van der Waals surface area contributed by atoms with Crippen LogP contribution in [0.1, 0.15) is 11.1 Å². The first-order chi connectivity index (χ1) is 15.6. The van der Waals surface area contributed by atoms with Crippen LogP contribution in [0.25, 0.3) is 11.4 Å². The van der Waals surface area contributed by atoms with E-state index in [1.54, 1.807) is 36.7 Å². The van der Waals surface area contributed by atoms with Crippen LogP contribution in [-0.4, -0.2) is 19.9 Å². The molecule has 0 saturated carbocycles. The maximum absolute atomic E-state index is 9.04. The molecule has 4 rings (SSSR count). The molecule has 0 atom stereocenters. The summed E-state index contributed by atoms with van der Waals surface area (Å²) in [5.41, 5.74) is 9.67. The first kappa shape index (κ1) is 21.0. The molecule has 0 aliphatic heterocycles. The average Bonchev–Trinajstić information content (AvgIpc) is 2.83. The van der Waals surface area contributed by atoms with Crippen molar-refractivity contribution in [2.45, 2.75) is 6.54 Å². The van der Waals surface area contributed by atoms with Crippen molar-refractivity contribution in [2.24, 2.45) is 5.11 Å². The predicted octanol–water partition coefficient (Wildman–Crippen LogP) is 5.63. The van der Waals surface area contributed by atoms with Gasteiger partial charge in [0, 0.05) is 24.5 Å². The summed E-state index contributed by atoms with van der Waals surface area (Å²) in [6.45, 7) is 0.412. The fraction of sp³-hybridized carbons (Fsp3) is 0.0455. The molecule has 2 aromatic carbocycles. The van der Waals surface area contributed by atoms with Crippen molar-refractivity contribution in [3.63, 3.8) is 0 Å². The van der Waals surface area contributed by atoms with E-state index < -0.39 is 0 Å². The lowest BCUT2D eigenvalue weighted by Crippen LogP contribution is -2.04. The number of anilines is 1. The smallest absolute Gasteiger partial charge is 0.239 e. The van der Waals surface area contributed by atoms with E-state index in [4.69, 9.17) is 15.5 Å². The van der Waals surface area contributed by atoms with Crippen molar-refractivity contribution >= 4 is 27.6 Å². The summed E-state index contributed by atoms with van der Waals surface area (Å²) in [7, 11) is 0. The highest BCUT2D eigenvalue weighted by Crippen LogP contribution is 2.27. The van der Waals surface area contributed by atoms with E-state index in [-0.39, 0.29) is 11.7 Å². The van der Waals surface area contributed by atoms with Gasteiger partial charge in [-0.15, -0.1) is 5.11 Å². The van der Waals surface area contributed by atoms with Gasteiger partial charge in [0.1, 0.15) is 5.75 Å². The van der Waals surface area contributed by atoms with Gasteiger partial charge in [0.25, 0.3) is 0 Å². The topological polar surface area (TPSA) is 133 Å². The summed E-state index contributed by atoms with van der Waals surface area (Å²) >= 11 is 3.33. The second-order valence-corrected chi connectivity index (χ2v) is 7.43. The lowest BCUT2D eigenvalue weighted by Gasteiger charge is -2.10. The molecule has 0 aliphatic rings. The Bertz CT molecular complexity index is 1300. The number of hydrogen-bond acceptors (Lipinski definition) is 9. The van der Waals surface area contributed by atoms with Crippen molar-refractivity contribution in [3.05, 3.63) is 82.7 Å². The van der Waals surface area contributed by atoms with Gasteiger partial charge in [-0.1, -0.05) is 24.3 Å². The van der Waals surface area contributed by atoms with Crippen LogP contribution >= 0.6 is 15.9 Å². The van der Waals surface area contributed by atoms with Crippen LogP contribution in [0.15, 0.2) is 76.7 Å². The first-order valence-corrected chi connectivity index (χ1v) is 10.2. The van der Waals surface area contributed by atoms with Crippen molar-refractivity contribution in [2.75, 3.05) is 5.32 Å². The summed E-state index contributed by atoms with van der Waals surface area (Å²) in [4.78, 5) is 17.1. The Labute approximate surface area is 191 Å². The monoisotopic (exact) mass is 486 g/mol. The standard InChI is InChI=1S/C22H15BrN8O/c23-17-11-27-20(28-12-17)16-5-1-4-15(7-16)10-26-21-22(31-25)29-13-19(30-21)32-18-6-2-3-14(8-18)9-24/h1-8,11-13,25H,10H2,(H,26,30). The van der Waals surface area contributed by atoms with Crippen molar-refractivity contribution in [3.8, 4) is 29.1 Å². The molecule has 2 aromatic heterocycles. The molecular formula is C22H15BrN8O. The number of ether oxygens (including phenoxy) is 1. The molecule has 156 valence electrons. The Morgan fingerprint density at radius 1 is 1.06 bits per heavy atom. The van der Waals surface area contributed by atoms with E-state index >= 15 is 0 Å². The average molecular weight is 487 g/mol. The second kappa shape index (κ2) is 9.72. The molecule has 32 heavy (non-hydrogen) atoms. The lowest BCUT2D eigenvalue weighted by molar-refractivity contribution is 0.461. The highest BCUT2D eigenvalue weighted by atomic mass is 79.9. The number of hydrogen-bond donors (Lipinski definition) is 2. The number of benzene rings is 2. The minimum Gasteiger partial charge on any atom is -0.437 e. The Morgan fingerprint density at radius 2 is 1.88 bits per heavy atom. The van der Waals surface area contributed by atoms with Crippen molar-refractivity contribution < 1.29 is 4.74 Å². The van der Waals surface area contributed by atoms with Crippen LogP contribution in [-0.2, 0) is 6.54 Å². The largest absolute Gasteiger partial charge is 0.437 e. The van der Waals surface area contributed by atoms with Gasteiger partial charge in [0.05, 0.1) is 22.3 Å². The number of rotatable bonds is 7.